The number of rotatable bonds is 5. The monoisotopic (exact) mass is 399 g/mol. The zero-order valence-electron chi connectivity index (χ0n) is 16.4. The van der Waals surface area contributed by atoms with Crippen LogP contribution in [0.3, 0.4) is 0 Å². The summed E-state index contributed by atoms with van der Waals surface area (Å²) in [7, 11) is 3.10. The van der Waals surface area contributed by atoms with Gasteiger partial charge in [-0.3, -0.25) is 0 Å². The predicted molar refractivity (Wildman–Crippen MR) is 111 cm³/mol. The topological polar surface area (TPSA) is 71.1 Å². The van der Waals surface area contributed by atoms with Gasteiger partial charge in [-0.25, -0.2) is 18.7 Å². The maximum atomic E-state index is 14.8. The van der Waals surface area contributed by atoms with E-state index in [0.717, 1.165) is 25.9 Å². The lowest BCUT2D eigenvalue weighted by Crippen LogP contribution is -2.38. The molecule has 6 nitrogen and oxygen atoms in total. The van der Waals surface area contributed by atoms with Crippen LogP contribution in [0.15, 0.2) is 30.5 Å². The minimum absolute atomic E-state index is 0.118. The minimum Gasteiger partial charge on any atom is -0.494 e. The van der Waals surface area contributed by atoms with Gasteiger partial charge in [0.25, 0.3) is 0 Å². The number of piperidine rings is 1. The molecular weight excluding hydrogens is 376 g/mol. The third kappa shape index (κ3) is 3.80. The molecule has 1 aliphatic heterocycles. The Kier molecular flexibility index (Phi) is 5.44. The van der Waals surface area contributed by atoms with Gasteiger partial charge in [0.1, 0.15) is 17.1 Å². The summed E-state index contributed by atoms with van der Waals surface area (Å²) >= 11 is 0. The molecule has 0 amide bonds. The lowest BCUT2D eigenvalue weighted by molar-refractivity contribution is 0.419. The average molecular weight is 399 g/mol. The highest BCUT2D eigenvalue weighted by molar-refractivity contribution is 5.90. The number of nitrogens with zero attached hydrogens (tertiary/aromatic N) is 2. The summed E-state index contributed by atoms with van der Waals surface area (Å²) in [6.45, 7) is 1.88. The molecule has 29 heavy (non-hydrogen) atoms. The van der Waals surface area contributed by atoms with Crippen LogP contribution in [0.2, 0.25) is 0 Å². The van der Waals surface area contributed by atoms with Crippen LogP contribution >= 0.6 is 0 Å². The van der Waals surface area contributed by atoms with Gasteiger partial charge in [0.2, 0.25) is 5.95 Å². The molecule has 0 aliphatic carbocycles. The predicted octanol–water partition coefficient (Wildman–Crippen LogP) is 3.79. The van der Waals surface area contributed by atoms with Crippen molar-refractivity contribution < 1.29 is 13.5 Å². The van der Waals surface area contributed by atoms with E-state index in [1.807, 2.05) is 0 Å². The molecule has 1 unspecified atom stereocenters. The first-order chi connectivity index (χ1) is 14.1. The van der Waals surface area contributed by atoms with Gasteiger partial charge in [0.05, 0.1) is 18.4 Å². The van der Waals surface area contributed by atoms with Crippen molar-refractivity contribution in [2.75, 3.05) is 37.9 Å². The number of aromatic nitrogens is 2. The number of hydrogen-bond donors (Lipinski definition) is 3. The standard InChI is InChI=1S/C21H23F2N5O/c1-24-16-6-5-15(22)18(19(16)23)12-8-13-10-26-21(27-14-4-3-7-25-11-14)28-20(13)17(9-12)29-2/h5-6,8-10,14,24-25H,3-4,7,11H2,1-2H3,(H,26,27,28). The van der Waals surface area contributed by atoms with Crippen LogP contribution in [-0.2, 0) is 0 Å². The van der Waals surface area contributed by atoms with Crippen molar-refractivity contribution >= 4 is 22.5 Å². The van der Waals surface area contributed by atoms with Crippen molar-refractivity contribution in [3.63, 3.8) is 0 Å². The van der Waals surface area contributed by atoms with Gasteiger partial charge in [0, 0.05) is 31.2 Å². The molecule has 0 saturated carbocycles. The highest BCUT2D eigenvalue weighted by Crippen LogP contribution is 2.36. The van der Waals surface area contributed by atoms with Gasteiger partial charge in [-0.1, -0.05) is 0 Å². The van der Waals surface area contributed by atoms with Crippen LogP contribution < -0.4 is 20.7 Å². The molecule has 3 aromatic rings. The maximum absolute atomic E-state index is 14.8. The molecule has 1 aromatic heterocycles. The number of methoxy groups -OCH3 is 1. The van der Waals surface area contributed by atoms with Crippen molar-refractivity contribution in [2.45, 2.75) is 18.9 Å². The Labute approximate surface area is 167 Å². The van der Waals surface area contributed by atoms with Crippen molar-refractivity contribution in [1.29, 1.82) is 0 Å². The van der Waals surface area contributed by atoms with E-state index in [2.05, 4.69) is 25.9 Å². The Morgan fingerprint density at radius 2 is 2.10 bits per heavy atom. The largest absolute Gasteiger partial charge is 0.494 e. The van der Waals surface area contributed by atoms with E-state index in [-0.39, 0.29) is 17.3 Å². The van der Waals surface area contributed by atoms with E-state index >= 15 is 0 Å². The Bertz CT molecular complexity index is 1040. The normalized spacial score (nSPS) is 16.6. The summed E-state index contributed by atoms with van der Waals surface area (Å²) < 4.78 is 34.7. The molecule has 1 aliphatic rings. The number of benzene rings is 2. The molecular formula is C21H23F2N5O. The van der Waals surface area contributed by atoms with Crippen molar-refractivity contribution in [3.05, 3.63) is 42.1 Å². The molecule has 1 saturated heterocycles. The molecule has 3 N–H and O–H groups in total. The molecule has 1 fully saturated rings. The Balaban J connectivity index is 1.76. The summed E-state index contributed by atoms with van der Waals surface area (Å²) in [6.07, 6.45) is 3.79. The fourth-order valence-corrected chi connectivity index (χ4v) is 3.65. The minimum atomic E-state index is -0.655. The first kappa shape index (κ1) is 19.3. The lowest BCUT2D eigenvalue weighted by Gasteiger charge is -2.23. The van der Waals surface area contributed by atoms with Gasteiger partial charge < -0.3 is 20.7 Å². The smallest absolute Gasteiger partial charge is 0.223 e. The van der Waals surface area contributed by atoms with Crippen LogP contribution in [0, 0.1) is 11.6 Å². The molecule has 0 bridgehead atoms. The number of anilines is 2. The quantitative estimate of drug-likeness (QED) is 0.606. The highest BCUT2D eigenvalue weighted by Gasteiger charge is 2.19. The summed E-state index contributed by atoms with van der Waals surface area (Å²) in [6, 6.07) is 6.14. The van der Waals surface area contributed by atoms with E-state index in [0.29, 0.717) is 28.2 Å². The van der Waals surface area contributed by atoms with Crippen molar-refractivity contribution in [3.8, 4) is 16.9 Å². The summed E-state index contributed by atoms with van der Waals surface area (Å²) in [4.78, 5) is 8.96. The van der Waals surface area contributed by atoms with Crippen LogP contribution in [0.5, 0.6) is 5.75 Å². The van der Waals surface area contributed by atoms with Crippen LogP contribution in [0.4, 0.5) is 20.4 Å². The summed E-state index contributed by atoms with van der Waals surface area (Å²) in [5.41, 5.74) is 1.05. The van der Waals surface area contributed by atoms with E-state index in [4.69, 9.17) is 4.74 Å². The van der Waals surface area contributed by atoms with Gasteiger partial charge >= 0.3 is 0 Å². The second-order valence-corrected chi connectivity index (χ2v) is 7.03. The second kappa shape index (κ2) is 8.16. The maximum Gasteiger partial charge on any atom is 0.223 e. The Hall–Kier alpha value is -3.00. The zero-order chi connectivity index (χ0) is 20.4. The molecule has 1 atom stereocenters. The van der Waals surface area contributed by atoms with E-state index in [1.54, 1.807) is 25.4 Å². The van der Waals surface area contributed by atoms with Crippen LogP contribution in [0.25, 0.3) is 22.0 Å². The van der Waals surface area contributed by atoms with Gasteiger partial charge in [-0.05, 0) is 49.2 Å². The first-order valence-corrected chi connectivity index (χ1v) is 9.59. The fraction of sp³-hybridized carbons (Fsp3) is 0.333. The van der Waals surface area contributed by atoms with Gasteiger partial charge in [0.15, 0.2) is 5.82 Å². The van der Waals surface area contributed by atoms with Crippen molar-refractivity contribution in [1.82, 2.24) is 15.3 Å². The van der Waals surface area contributed by atoms with Gasteiger partial charge in [-0.15, -0.1) is 0 Å². The van der Waals surface area contributed by atoms with E-state index < -0.39 is 11.6 Å². The first-order valence-electron chi connectivity index (χ1n) is 9.59. The second-order valence-electron chi connectivity index (χ2n) is 7.03. The molecule has 0 spiro atoms. The molecule has 0 radical (unpaired) electrons. The SMILES string of the molecule is CNc1ccc(F)c(-c2cc(OC)c3nc(NC4CCCNC4)ncc3c2)c1F. The molecule has 2 heterocycles. The molecule has 152 valence electrons. The van der Waals surface area contributed by atoms with Crippen LogP contribution in [0.1, 0.15) is 12.8 Å². The average Bonchev–Trinajstić information content (AvgIpc) is 2.74. The number of ether oxygens (including phenoxy) is 1. The lowest BCUT2D eigenvalue weighted by atomic mass is 10.0. The summed E-state index contributed by atoms with van der Waals surface area (Å²) in [5, 5.41) is 10.0. The molecule has 2 aromatic carbocycles. The zero-order valence-corrected chi connectivity index (χ0v) is 16.4. The summed E-state index contributed by atoms with van der Waals surface area (Å²) in [5.74, 6) is -0.366. The Morgan fingerprint density at radius 1 is 1.24 bits per heavy atom. The van der Waals surface area contributed by atoms with Gasteiger partial charge in [-0.2, -0.15) is 0 Å². The van der Waals surface area contributed by atoms with E-state index in [9.17, 15) is 8.78 Å². The highest BCUT2D eigenvalue weighted by atomic mass is 19.1. The fourth-order valence-electron chi connectivity index (χ4n) is 3.65. The van der Waals surface area contributed by atoms with E-state index in [1.165, 1.54) is 19.2 Å². The Morgan fingerprint density at radius 3 is 2.83 bits per heavy atom. The third-order valence-corrected chi connectivity index (χ3v) is 5.15. The molecule has 4 rings (SSSR count). The van der Waals surface area contributed by atoms with Crippen LogP contribution in [-0.4, -0.2) is 43.3 Å². The number of nitrogens with one attached hydrogen (secondary N) is 3. The molecule has 8 heteroatoms. The number of halogens is 2. The third-order valence-electron chi connectivity index (χ3n) is 5.15. The number of hydrogen-bond acceptors (Lipinski definition) is 6. The van der Waals surface area contributed by atoms with Crippen molar-refractivity contribution in [2.24, 2.45) is 0 Å². The number of fused-ring (bicyclic) bond motifs is 1.